The highest BCUT2D eigenvalue weighted by atomic mass is 14.9. The molecule has 0 fully saturated rings. The lowest BCUT2D eigenvalue weighted by atomic mass is 9.77. The second kappa shape index (κ2) is 5.67. The maximum atomic E-state index is 5.00. The second-order valence-electron chi connectivity index (χ2n) is 6.81. The molecule has 0 bridgehead atoms. The van der Waals surface area contributed by atoms with E-state index in [0.717, 1.165) is 25.0 Å². The molecule has 0 aromatic heterocycles. The topological polar surface area (TPSA) is 24.7 Å². The van der Waals surface area contributed by atoms with E-state index in [1.165, 1.54) is 16.9 Å². The molecule has 110 valence electrons. The molecule has 0 radical (unpaired) electrons. The summed E-state index contributed by atoms with van der Waals surface area (Å²) in [5, 5.41) is 0. The van der Waals surface area contributed by atoms with Gasteiger partial charge >= 0.3 is 0 Å². The highest BCUT2D eigenvalue weighted by Gasteiger charge is 2.33. The van der Waals surface area contributed by atoms with Crippen LogP contribution in [0.1, 0.15) is 60.8 Å². The Kier molecular flexibility index (Phi) is 4.31. The minimum absolute atomic E-state index is 0.0612. The molecular formula is C18H28N2. The first-order valence-electron chi connectivity index (χ1n) is 7.96. The van der Waals surface area contributed by atoms with Gasteiger partial charge in [0.2, 0.25) is 0 Å². The number of fused-ring (bicyclic) bond motifs is 1. The van der Waals surface area contributed by atoms with E-state index in [1.54, 1.807) is 0 Å². The average molecular weight is 272 g/mol. The Labute approximate surface area is 123 Å². The summed E-state index contributed by atoms with van der Waals surface area (Å²) in [6.45, 7) is 13.4. The lowest BCUT2D eigenvalue weighted by Gasteiger charge is -2.35. The van der Waals surface area contributed by atoms with Crippen molar-refractivity contribution in [1.82, 2.24) is 0 Å². The summed E-state index contributed by atoms with van der Waals surface area (Å²) in [5.74, 6) is 0.565. The van der Waals surface area contributed by atoms with Gasteiger partial charge in [0.05, 0.1) is 17.0 Å². The van der Waals surface area contributed by atoms with Crippen LogP contribution in [0.3, 0.4) is 0 Å². The van der Waals surface area contributed by atoms with Crippen molar-refractivity contribution in [3.05, 3.63) is 23.3 Å². The molecule has 1 aliphatic heterocycles. The van der Waals surface area contributed by atoms with Crippen LogP contribution >= 0.6 is 0 Å². The first-order chi connectivity index (χ1) is 9.36. The van der Waals surface area contributed by atoms with Crippen molar-refractivity contribution in [3.8, 4) is 0 Å². The summed E-state index contributed by atoms with van der Waals surface area (Å²) in [6, 6.07) is 0.394. The number of aliphatic imine (C=N–C) groups is 2. The van der Waals surface area contributed by atoms with Gasteiger partial charge in [-0.15, -0.1) is 0 Å². The van der Waals surface area contributed by atoms with Crippen molar-refractivity contribution in [2.24, 2.45) is 15.9 Å². The lowest BCUT2D eigenvalue weighted by Crippen LogP contribution is -2.33. The summed E-state index contributed by atoms with van der Waals surface area (Å²) in [4.78, 5) is 9.82. The molecule has 2 rings (SSSR count). The molecule has 2 atom stereocenters. The predicted octanol–water partition coefficient (Wildman–Crippen LogP) is 4.76. The van der Waals surface area contributed by atoms with Gasteiger partial charge in [-0.05, 0) is 69.2 Å². The van der Waals surface area contributed by atoms with E-state index in [0.29, 0.717) is 12.0 Å². The molecule has 0 amide bonds. The summed E-state index contributed by atoms with van der Waals surface area (Å²) in [5.41, 5.74) is 5.18. The first kappa shape index (κ1) is 15.2. The summed E-state index contributed by atoms with van der Waals surface area (Å²) >= 11 is 0. The Morgan fingerprint density at radius 2 is 2.05 bits per heavy atom. The van der Waals surface area contributed by atoms with Gasteiger partial charge in [-0.3, -0.25) is 9.98 Å². The largest absolute Gasteiger partial charge is 0.282 e. The van der Waals surface area contributed by atoms with Crippen molar-refractivity contribution in [2.45, 2.75) is 72.4 Å². The third-order valence-electron chi connectivity index (χ3n) is 4.30. The summed E-state index contributed by atoms with van der Waals surface area (Å²) in [6.07, 6.45) is 7.74. The van der Waals surface area contributed by atoms with Crippen molar-refractivity contribution in [1.29, 1.82) is 0 Å². The summed E-state index contributed by atoms with van der Waals surface area (Å²) in [7, 11) is 0. The van der Waals surface area contributed by atoms with Crippen molar-refractivity contribution in [2.75, 3.05) is 0 Å². The van der Waals surface area contributed by atoms with Gasteiger partial charge in [0.25, 0.3) is 0 Å². The van der Waals surface area contributed by atoms with Crippen LogP contribution in [-0.2, 0) is 0 Å². The zero-order valence-corrected chi connectivity index (χ0v) is 13.8. The normalized spacial score (nSPS) is 28.4. The first-order valence-corrected chi connectivity index (χ1v) is 7.96. The smallest absolute Gasteiger partial charge is 0.0648 e. The molecule has 2 unspecified atom stereocenters. The van der Waals surface area contributed by atoms with E-state index in [-0.39, 0.29) is 5.54 Å². The van der Waals surface area contributed by atoms with Crippen LogP contribution in [0.2, 0.25) is 0 Å². The van der Waals surface area contributed by atoms with E-state index in [1.807, 2.05) is 0 Å². The van der Waals surface area contributed by atoms with Gasteiger partial charge in [0.1, 0.15) is 0 Å². The minimum Gasteiger partial charge on any atom is -0.282 e. The van der Waals surface area contributed by atoms with Crippen LogP contribution in [0.4, 0.5) is 0 Å². The third kappa shape index (κ3) is 3.11. The monoisotopic (exact) mass is 272 g/mol. The Morgan fingerprint density at radius 3 is 2.65 bits per heavy atom. The molecule has 1 heterocycles. The standard InChI is InChI=1S/C18H28N2/c1-7-13(4)19-15-9-14(8-2)17-16(10-15)12(3)11-18(5,6)20-17/h9-10,12-13H,7-8,11H2,1-6H3. The van der Waals surface area contributed by atoms with Crippen LogP contribution in [0.25, 0.3) is 0 Å². The second-order valence-corrected chi connectivity index (χ2v) is 6.81. The maximum absolute atomic E-state index is 5.00. The SMILES string of the molecule is CCC1=CC(=NC(C)CC)C=C2C1=NC(C)(C)CC2C. The molecule has 0 saturated carbocycles. The van der Waals surface area contributed by atoms with Crippen LogP contribution in [0.5, 0.6) is 0 Å². The van der Waals surface area contributed by atoms with Gasteiger partial charge in [0.15, 0.2) is 0 Å². The zero-order valence-electron chi connectivity index (χ0n) is 13.8. The third-order valence-corrected chi connectivity index (χ3v) is 4.30. The van der Waals surface area contributed by atoms with E-state index in [9.17, 15) is 0 Å². The van der Waals surface area contributed by atoms with E-state index in [4.69, 9.17) is 9.98 Å². The van der Waals surface area contributed by atoms with Crippen molar-refractivity contribution < 1.29 is 0 Å². The van der Waals surface area contributed by atoms with E-state index >= 15 is 0 Å². The molecule has 0 aromatic carbocycles. The highest BCUT2D eigenvalue weighted by molar-refractivity contribution is 6.24. The van der Waals surface area contributed by atoms with Crippen LogP contribution in [0.15, 0.2) is 33.3 Å². The lowest BCUT2D eigenvalue weighted by molar-refractivity contribution is 0.405. The van der Waals surface area contributed by atoms with Crippen LogP contribution in [0, 0.1) is 5.92 Å². The molecule has 20 heavy (non-hydrogen) atoms. The number of rotatable bonds is 3. The summed E-state index contributed by atoms with van der Waals surface area (Å²) < 4.78 is 0. The van der Waals surface area contributed by atoms with Crippen LogP contribution < -0.4 is 0 Å². The highest BCUT2D eigenvalue weighted by Crippen LogP contribution is 2.36. The molecule has 2 aliphatic rings. The maximum Gasteiger partial charge on any atom is 0.0648 e. The fourth-order valence-corrected chi connectivity index (χ4v) is 3.11. The van der Waals surface area contributed by atoms with E-state index in [2.05, 4.69) is 53.7 Å². The fourth-order valence-electron chi connectivity index (χ4n) is 3.11. The quantitative estimate of drug-likeness (QED) is 0.662. The van der Waals surface area contributed by atoms with Gasteiger partial charge in [0, 0.05) is 6.04 Å². The average Bonchev–Trinajstić information content (AvgIpc) is 2.37. The van der Waals surface area contributed by atoms with Gasteiger partial charge < -0.3 is 0 Å². The molecular weight excluding hydrogens is 244 g/mol. The molecule has 1 aliphatic carbocycles. The van der Waals surface area contributed by atoms with Crippen LogP contribution in [-0.4, -0.2) is 23.0 Å². The van der Waals surface area contributed by atoms with Gasteiger partial charge in [-0.1, -0.05) is 20.8 Å². The Morgan fingerprint density at radius 1 is 1.35 bits per heavy atom. The zero-order chi connectivity index (χ0) is 14.9. The molecule has 2 nitrogen and oxygen atoms in total. The van der Waals surface area contributed by atoms with Crippen molar-refractivity contribution in [3.63, 3.8) is 0 Å². The van der Waals surface area contributed by atoms with E-state index < -0.39 is 0 Å². The minimum atomic E-state index is 0.0612. The molecule has 2 heteroatoms. The van der Waals surface area contributed by atoms with Crippen molar-refractivity contribution >= 4 is 11.4 Å². The number of hydrogen-bond donors (Lipinski definition) is 0. The molecule has 0 N–H and O–H groups in total. The molecule has 0 spiro atoms. The Hall–Kier alpha value is -1.18. The number of allylic oxidation sites excluding steroid dienone is 4. The Balaban J connectivity index is 2.46. The fraction of sp³-hybridized carbons (Fsp3) is 0.667. The van der Waals surface area contributed by atoms with Gasteiger partial charge in [-0.2, -0.15) is 0 Å². The molecule has 0 aromatic rings. The number of hydrogen-bond acceptors (Lipinski definition) is 2. The number of nitrogens with zero attached hydrogens (tertiary/aromatic N) is 2. The Bertz CT molecular complexity index is 504. The predicted molar refractivity (Wildman–Crippen MR) is 88.9 cm³/mol. The molecule has 0 saturated heterocycles. The van der Waals surface area contributed by atoms with Gasteiger partial charge in [-0.25, -0.2) is 0 Å².